The second kappa shape index (κ2) is 7.68. The summed E-state index contributed by atoms with van der Waals surface area (Å²) in [7, 11) is 0. The molecule has 0 aliphatic rings. The Balaban J connectivity index is 1.59. The summed E-state index contributed by atoms with van der Waals surface area (Å²) in [5, 5.41) is 8.25. The Morgan fingerprint density at radius 2 is 2.00 bits per heavy atom. The Hall–Kier alpha value is -3.41. The van der Waals surface area contributed by atoms with E-state index in [9.17, 15) is 4.79 Å². The van der Waals surface area contributed by atoms with E-state index in [2.05, 4.69) is 15.4 Å². The van der Waals surface area contributed by atoms with Crippen molar-refractivity contribution < 1.29 is 9.21 Å². The number of amides is 1. The Bertz CT molecular complexity index is 1080. The highest BCUT2D eigenvalue weighted by Crippen LogP contribution is 2.27. The van der Waals surface area contributed by atoms with E-state index in [1.54, 1.807) is 11.0 Å². The molecule has 0 unspecified atom stereocenters. The van der Waals surface area contributed by atoms with Gasteiger partial charge in [-0.1, -0.05) is 42.0 Å². The van der Waals surface area contributed by atoms with E-state index in [-0.39, 0.29) is 11.9 Å². The molecule has 1 N–H and O–H groups in total. The highest BCUT2D eigenvalue weighted by molar-refractivity contribution is 5.99. The van der Waals surface area contributed by atoms with E-state index in [0.29, 0.717) is 18.7 Å². The van der Waals surface area contributed by atoms with Gasteiger partial charge in [0.25, 0.3) is 5.91 Å². The number of nitrogens with one attached hydrogen (secondary N) is 1. The molecular formula is C22H22N4O2. The second-order valence-electron chi connectivity index (χ2n) is 6.94. The average molecular weight is 374 g/mol. The molecular weight excluding hydrogens is 352 g/mol. The molecule has 4 aromatic rings. The minimum absolute atomic E-state index is 0.160. The predicted molar refractivity (Wildman–Crippen MR) is 107 cm³/mol. The number of carbonyl (C=O) groups excluding carboxylic acids is 1. The normalized spacial score (nSPS) is 12.2. The summed E-state index contributed by atoms with van der Waals surface area (Å²) in [4.78, 5) is 17.0. The highest BCUT2D eigenvalue weighted by Gasteiger charge is 2.21. The van der Waals surface area contributed by atoms with Crippen molar-refractivity contribution in [3.63, 3.8) is 0 Å². The molecule has 0 saturated heterocycles. The quantitative estimate of drug-likeness (QED) is 0.549. The number of hydrogen-bond acceptors (Lipinski definition) is 4. The largest absolute Gasteiger partial charge is 0.451 e. The van der Waals surface area contributed by atoms with Crippen LogP contribution in [-0.2, 0) is 6.54 Å². The third-order valence-corrected chi connectivity index (χ3v) is 4.92. The number of benzene rings is 2. The topological polar surface area (TPSA) is 73.0 Å². The summed E-state index contributed by atoms with van der Waals surface area (Å²) < 4.78 is 7.62. The van der Waals surface area contributed by atoms with Crippen LogP contribution in [0, 0.1) is 13.8 Å². The molecule has 0 bridgehead atoms. The molecule has 1 atom stereocenters. The molecule has 6 nitrogen and oxygen atoms in total. The maximum Gasteiger partial charge on any atom is 0.287 e. The van der Waals surface area contributed by atoms with Crippen molar-refractivity contribution in [1.82, 2.24) is 20.1 Å². The molecule has 0 spiro atoms. The third-order valence-electron chi connectivity index (χ3n) is 4.92. The van der Waals surface area contributed by atoms with Gasteiger partial charge in [0.2, 0.25) is 0 Å². The van der Waals surface area contributed by atoms with Gasteiger partial charge in [0, 0.05) is 17.5 Å². The molecule has 4 rings (SSSR count). The molecule has 0 radical (unpaired) electrons. The molecule has 28 heavy (non-hydrogen) atoms. The lowest BCUT2D eigenvalue weighted by Gasteiger charge is -2.19. The van der Waals surface area contributed by atoms with E-state index in [4.69, 9.17) is 4.42 Å². The second-order valence-corrected chi connectivity index (χ2v) is 6.94. The van der Waals surface area contributed by atoms with Gasteiger partial charge in [-0.15, -0.1) is 0 Å². The Morgan fingerprint density at radius 3 is 2.75 bits per heavy atom. The van der Waals surface area contributed by atoms with E-state index in [1.165, 1.54) is 6.33 Å². The first-order chi connectivity index (χ1) is 13.6. The monoisotopic (exact) mass is 374 g/mol. The van der Waals surface area contributed by atoms with Gasteiger partial charge in [-0.05, 0) is 38.0 Å². The standard InChI is InChI=1S/C22H22N4O2/c1-15-8-9-20-18(12-15)16(2)21(28-20)22(27)25-19(17-6-4-3-5-7-17)10-11-26-14-23-13-24-26/h3-9,12-14,19H,10-11H2,1-2H3,(H,25,27)/t19-/m0/s1. The fraction of sp³-hybridized carbons (Fsp3) is 0.227. The summed E-state index contributed by atoms with van der Waals surface area (Å²) in [6, 6.07) is 15.7. The van der Waals surface area contributed by atoms with E-state index >= 15 is 0 Å². The lowest BCUT2D eigenvalue weighted by Crippen LogP contribution is -2.29. The highest BCUT2D eigenvalue weighted by atomic mass is 16.3. The van der Waals surface area contributed by atoms with Gasteiger partial charge in [0.15, 0.2) is 5.76 Å². The maximum absolute atomic E-state index is 13.0. The molecule has 0 saturated carbocycles. The summed E-state index contributed by atoms with van der Waals surface area (Å²) >= 11 is 0. The molecule has 0 aliphatic carbocycles. The molecule has 2 aromatic heterocycles. The van der Waals surface area contributed by atoms with Crippen LogP contribution in [0.25, 0.3) is 11.0 Å². The summed E-state index contributed by atoms with van der Waals surface area (Å²) in [5.74, 6) is 0.154. The number of furan rings is 1. The van der Waals surface area contributed by atoms with Crippen LogP contribution in [0.2, 0.25) is 0 Å². The number of hydrogen-bond donors (Lipinski definition) is 1. The van der Waals surface area contributed by atoms with Gasteiger partial charge in [-0.2, -0.15) is 5.10 Å². The first kappa shape index (κ1) is 18.0. The minimum atomic E-state index is -0.209. The first-order valence-corrected chi connectivity index (χ1v) is 9.30. The molecule has 1 amide bonds. The van der Waals surface area contributed by atoms with Gasteiger partial charge in [-0.25, -0.2) is 4.98 Å². The van der Waals surface area contributed by atoms with Gasteiger partial charge >= 0.3 is 0 Å². The first-order valence-electron chi connectivity index (χ1n) is 9.30. The van der Waals surface area contributed by atoms with Crippen molar-refractivity contribution in [2.75, 3.05) is 0 Å². The van der Waals surface area contributed by atoms with Crippen molar-refractivity contribution in [2.24, 2.45) is 0 Å². The number of aromatic nitrogens is 3. The van der Waals surface area contributed by atoms with Crippen LogP contribution in [0.1, 0.15) is 39.7 Å². The van der Waals surface area contributed by atoms with Crippen molar-refractivity contribution in [1.29, 1.82) is 0 Å². The van der Waals surface area contributed by atoms with E-state index in [0.717, 1.165) is 27.7 Å². The smallest absolute Gasteiger partial charge is 0.287 e. The molecule has 2 heterocycles. The van der Waals surface area contributed by atoms with Crippen LogP contribution in [0.5, 0.6) is 0 Å². The zero-order valence-corrected chi connectivity index (χ0v) is 15.9. The Labute approximate surface area is 163 Å². The number of nitrogens with zero attached hydrogens (tertiary/aromatic N) is 3. The van der Waals surface area contributed by atoms with Gasteiger partial charge in [0.05, 0.1) is 6.04 Å². The summed E-state index contributed by atoms with van der Waals surface area (Å²) in [5.41, 5.74) is 3.77. The van der Waals surface area contributed by atoms with Crippen LogP contribution < -0.4 is 5.32 Å². The minimum Gasteiger partial charge on any atom is -0.451 e. The van der Waals surface area contributed by atoms with E-state index < -0.39 is 0 Å². The predicted octanol–water partition coefficient (Wildman–Crippen LogP) is 4.20. The number of carbonyl (C=O) groups is 1. The van der Waals surface area contributed by atoms with Gasteiger partial charge in [-0.3, -0.25) is 9.48 Å². The molecule has 2 aromatic carbocycles. The zero-order chi connectivity index (χ0) is 19.5. The Kier molecular flexibility index (Phi) is 4.93. The number of aryl methyl sites for hydroxylation is 3. The van der Waals surface area contributed by atoms with Crippen LogP contribution in [-0.4, -0.2) is 20.7 Å². The lowest BCUT2D eigenvalue weighted by atomic mass is 10.0. The lowest BCUT2D eigenvalue weighted by molar-refractivity contribution is 0.0906. The van der Waals surface area contributed by atoms with Crippen LogP contribution >= 0.6 is 0 Å². The van der Waals surface area contributed by atoms with Gasteiger partial charge in [0.1, 0.15) is 18.2 Å². The summed E-state index contributed by atoms with van der Waals surface area (Å²) in [6.45, 7) is 4.60. The van der Waals surface area contributed by atoms with Crippen LogP contribution in [0.15, 0.2) is 65.6 Å². The Morgan fingerprint density at radius 1 is 1.18 bits per heavy atom. The van der Waals surface area contributed by atoms with Crippen LogP contribution in [0.3, 0.4) is 0 Å². The molecule has 0 fully saturated rings. The third kappa shape index (κ3) is 3.67. The van der Waals surface area contributed by atoms with Gasteiger partial charge < -0.3 is 9.73 Å². The van der Waals surface area contributed by atoms with Crippen molar-refractivity contribution >= 4 is 16.9 Å². The average Bonchev–Trinajstić information content (AvgIpc) is 3.34. The zero-order valence-electron chi connectivity index (χ0n) is 15.9. The maximum atomic E-state index is 13.0. The number of fused-ring (bicyclic) bond motifs is 1. The molecule has 6 heteroatoms. The van der Waals surface area contributed by atoms with Crippen LogP contribution in [0.4, 0.5) is 0 Å². The van der Waals surface area contributed by atoms with Crippen molar-refractivity contribution in [3.05, 3.63) is 83.6 Å². The molecule has 0 aliphatic heterocycles. The number of rotatable bonds is 6. The SMILES string of the molecule is Cc1ccc2oc(C(=O)N[C@@H](CCn3cncn3)c3ccccc3)c(C)c2c1. The molecule has 142 valence electrons. The van der Waals surface area contributed by atoms with Crippen molar-refractivity contribution in [2.45, 2.75) is 32.9 Å². The van der Waals surface area contributed by atoms with E-state index in [1.807, 2.05) is 62.4 Å². The summed E-state index contributed by atoms with van der Waals surface area (Å²) in [6.07, 6.45) is 3.88. The van der Waals surface area contributed by atoms with Crippen molar-refractivity contribution in [3.8, 4) is 0 Å². The fourth-order valence-corrected chi connectivity index (χ4v) is 3.39. The fourth-order valence-electron chi connectivity index (χ4n) is 3.39.